The second-order valence-electron chi connectivity index (χ2n) is 4.50. The topological polar surface area (TPSA) is 123 Å². The fraction of sp³-hybridized carbons (Fsp3) is 0.214. The van der Waals surface area contributed by atoms with Gasteiger partial charge in [0.1, 0.15) is 5.69 Å². The summed E-state index contributed by atoms with van der Waals surface area (Å²) < 4.78 is 9.28. The van der Waals surface area contributed by atoms with Gasteiger partial charge < -0.3 is 14.8 Å². The number of esters is 2. The lowest BCUT2D eigenvalue weighted by Crippen LogP contribution is -2.16. The number of benzene rings is 1. The molecule has 9 heteroatoms. The maximum absolute atomic E-state index is 11.7. The van der Waals surface area contributed by atoms with Crippen molar-refractivity contribution in [1.29, 1.82) is 0 Å². The van der Waals surface area contributed by atoms with Crippen molar-refractivity contribution in [2.24, 2.45) is 0 Å². The Bertz CT molecular complexity index is 781. The molecule has 1 aromatic carbocycles. The number of anilines is 2. The van der Waals surface area contributed by atoms with Crippen LogP contribution >= 0.6 is 0 Å². The van der Waals surface area contributed by atoms with Crippen molar-refractivity contribution in [2.75, 3.05) is 19.5 Å². The standard InChI is InChI=1S/C14H14N4O5/c1-7-11(19)16-14(18-17-7)15-10-5-8(12(20)22-2)4-9(6-10)13(21)23-3/h4-6H,1-3H3,(H2,15,16,18,19). The summed E-state index contributed by atoms with van der Waals surface area (Å²) in [6.45, 7) is 1.52. The number of nitrogens with one attached hydrogen (secondary N) is 2. The van der Waals surface area contributed by atoms with Crippen LogP contribution in [0.25, 0.3) is 0 Å². The van der Waals surface area contributed by atoms with Crippen LogP contribution in [0, 0.1) is 6.92 Å². The molecule has 0 amide bonds. The Labute approximate surface area is 130 Å². The van der Waals surface area contributed by atoms with Gasteiger partial charge >= 0.3 is 11.9 Å². The third kappa shape index (κ3) is 3.70. The normalized spacial score (nSPS) is 10.0. The largest absolute Gasteiger partial charge is 0.465 e. The Morgan fingerprint density at radius 3 is 2.09 bits per heavy atom. The van der Waals surface area contributed by atoms with Crippen molar-refractivity contribution in [1.82, 2.24) is 15.2 Å². The Morgan fingerprint density at radius 1 is 1.04 bits per heavy atom. The Hall–Kier alpha value is -3.23. The first-order valence-electron chi connectivity index (χ1n) is 6.47. The number of ether oxygens (including phenoxy) is 2. The van der Waals surface area contributed by atoms with Crippen LogP contribution in [0.4, 0.5) is 11.6 Å². The fourth-order valence-corrected chi connectivity index (χ4v) is 1.76. The quantitative estimate of drug-likeness (QED) is 0.793. The highest BCUT2D eigenvalue weighted by molar-refractivity contribution is 5.97. The Balaban J connectivity index is 2.43. The molecular weight excluding hydrogens is 304 g/mol. The third-order valence-electron chi connectivity index (χ3n) is 2.90. The van der Waals surface area contributed by atoms with Crippen LogP contribution in [0.5, 0.6) is 0 Å². The summed E-state index contributed by atoms with van der Waals surface area (Å²) in [7, 11) is 2.45. The Morgan fingerprint density at radius 2 is 1.61 bits per heavy atom. The summed E-state index contributed by atoms with van der Waals surface area (Å²) in [6.07, 6.45) is 0. The predicted octanol–water partition coefficient (Wildman–Crippen LogP) is 0.790. The summed E-state index contributed by atoms with van der Waals surface area (Å²) in [5.74, 6) is -1.18. The lowest BCUT2D eigenvalue weighted by atomic mass is 10.1. The molecule has 0 spiro atoms. The zero-order chi connectivity index (χ0) is 17.0. The van der Waals surface area contributed by atoms with E-state index in [2.05, 4.69) is 30.0 Å². The van der Waals surface area contributed by atoms with Gasteiger partial charge in [-0.25, -0.2) is 9.59 Å². The van der Waals surface area contributed by atoms with Crippen LogP contribution in [0.15, 0.2) is 23.0 Å². The van der Waals surface area contributed by atoms with E-state index in [9.17, 15) is 14.4 Å². The van der Waals surface area contributed by atoms with Crippen molar-refractivity contribution < 1.29 is 19.1 Å². The monoisotopic (exact) mass is 318 g/mol. The van der Waals surface area contributed by atoms with E-state index in [1.54, 1.807) is 0 Å². The van der Waals surface area contributed by atoms with Crippen LogP contribution < -0.4 is 10.9 Å². The van der Waals surface area contributed by atoms with Crippen molar-refractivity contribution in [2.45, 2.75) is 6.92 Å². The average molecular weight is 318 g/mol. The number of hydrogen-bond donors (Lipinski definition) is 2. The molecule has 0 saturated carbocycles. The van der Waals surface area contributed by atoms with E-state index in [-0.39, 0.29) is 22.8 Å². The van der Waals surface area contributed by atoms with E-state index < -0.39 is 17.5 Å². The lowest BCUT2D eigenvalue weighted by molar-refractivity contribution is 0.0599. The molecule has 0 bridgehead atoms. The highest BCUT2D eigenvalue weighted by Crippen LogP contribution is 2.19. The predicted molar refractivity (Wildman–Crippen MR) is 79.8 cm³/mol. The SMILES string of the molecule is COC(=O)c1cc(Nc2nnc(C)c(=O)[nH]2)cc(C(=O)OC)c1. The molecule has 0 aliphatic rings. The van der Waals surface area contributed by atoms with E-state index in [0.29, 0.717) is 5.69 Å². The number of rotatable bonds is 4. The van der Waals surface area contributed by atoms with Gasteiger partial charge in [-0.1, -0.05) is 0 Å². The van der Waals surface area contributed by atoms with E-state index in [1.165, 1.54) is 39.3 Å². The summed E-state index contributed by atoms with van der Waals surface area (Å²) in [4.78, 5) is 37.4. The van der Waals surface area contributed by atoms with Crippen molar-refractivity contribution in [3.05, 3.63) is 45.4 Å². The van der Waals surface area contributed by atoms with Crippen LogP contribution in [0.2, 0.25) is 0 Å². The van der Waals surface area contributed by atoms with Crippen molar-refractivity contribution >= 4 is 23.6 Å². The lowest BCUT2D eigenvalue weighted by Gasteiger charge is -2.09. The summed E-state index contributed by atoms with van der Waals surface area (Å²) in [6, 6.07) is 4.22. The van der Waals surface area contributed by atoms with Crippen molar-refractivity contribution in [3.63, 3.8) is 0 Å². The second-order valence-corrected chi connectivity index (χ2v) is 4.50. The smallest absolute Gasteiger partial charge is 0.337 e. The van der Waals surface area contributed by atoms with Gasteiger partial charge in [0.05, 0.1) is 25.3 Å². The minimum Gasteiger partial charge on any atom is -0.465 e. The zero-order valence-corrected chi connectivity index (χ0v) is 12.7. The van der Waals surface area contributed by atoms with Gasteiger partial charge in [-0.15, -0.1) is 10.2 Å². The Kier molecular flexibility index (Phi) is 4.69. The van der Waals surface area contributed by atoms with Gasteiger partial charge in [-0.05, 0) is 25.1 Å². The molecule has 9 nitrogen and oxygen atoms in total. The van der Waals surface area contributed by atoms with E-state index >= 15 is 0 Å². The molecule has 0 aliphatic heterocycles. The maximum Gasteiger partial charge on any atom is 0.337 e. The van der Waals surface area contributed by atoms with E-state index in [4.69, 9.17) is 0 Å². The van der Waals surface area contributed by atoms with Crippen LogP contribution in [0.1, 0.15) is 26.4 Å². The molecule has 1 heterocycles. The zero-order valence-electron chi connectivity index (χ0n) is 12.7. The van der Waals surface area contributed by atoms with Crippen LogP contribution in [-0.2, 0) is 9.47 Å². The number of H-pyrrole nitrogens is 1. The minimum absolute atomic E-state index is 0.0680. The van der Waals surface area contributed by atoms with Crippen molar-refractivity contribution in [3.8, 4) is 0 Å². The number of carbonyl (C=O) groups is 2. The summed E-state index contributed by atoms with van der Waals surface area (Å²) >= 11 is 0. The molecule has 0 atom stereocenters. The fourth-order valence-electron chi connectivity index (χ4n) is 1.76. The first kappa shape index (κ1) is 16.1. The molecule has 2 N–H and O–H groups in total. The van der Waals surface area contributed by atoms with E-state index in [1.807, 2.05) is 0 Å². The summed E-state index contributed by atoms with van der Waals surface area (Å²) in [5.41, 5.74) is 0.427. The molecule has 0 saturated heterocycles. The molecule has 0 unspecified atom stereocenters. The molecule has 0 fully saturated rings. The van der Waals surface area contributed by atoms with Gasteiger partial charge in [-0.2, -0.15) is 0 Å². The molecule has 0 radical (unpaired) electrons. The molecular formula is C14H14N4O5. The van der Waals surface area contributed by atoms with Crippen LogP contribution in [-0.4, -0.2) is 41.3 Å². The van der Waals surface area contributed by atoms with Gasteiger partial charge in [0.2, 0.25) is 5.95 Å². The molecule has 1 aromatic heterocycles. The molecule has 2 rings (SSSR count). The number of aryl methyl sites for hydroxylation is 1. The van der Waals surface area contributed by atoms with Crippen LogP contribution in [0.3, 0.4) is 0 Å². The number of hydrogen-bond acceptors (Lipinski definition) is 8. The van der Waals surface area contributed by atoms with Gasteiger partial charge in [-0.3, -0.25) is 9.78 Å². The maximum atomic E-state index is 11.7. The first-order valence-corrected chi connectivity index (χ1v) is 6.47. The van der Waals surface area contributed by atoms with Gasteiger partial charge in [0.25, 0.3) is 5.56 Å². The number of aromatic amines is 1. The highest BCUT2D eigenvalue weighted by Gasteiger charge is 2.14. The molecule has 120 valence electrons. The number of aromatic nitrogens is 3. The highest BCUT2D eigenvalue weighted by atomic mass is 16.5. The van der Waals surface area contributed by atoms with Gasteiger partial charge in [0.15, 0.2) is 0 Å². The van der Waals surface area contributed by atoms with E-state index in [0.717, 1.165) is 0 Å². The van der Waals surface area contributed by atoms with Gasteiger partial charge in [0, 0.05) is 5.69 Å². The minimum atomic E-state index is -0.623. The number of carbonyl (C=O) groups excluding carboxylic acids is 2. The second kappa shape index (κ2) is 6.69. The average Bonchev–Trinajstić information content (AvgIpc) is 2.56. The molecule has 0 aliphatic carbocycles. The number of nitrogens with zero attached hydrogens (tertiary/aromatic N) is 2. The third-order valence-corrected chi connectivity index (χ3v) is 2.90. The summed E-state index contributed by atoms with van der Waals surface area (Å²) in [5, 5.41) is 10.2. The molecule has 2 aromatic rings. The first-order chi connectivity index (χ1) is 10.9. The number of methoxy groups -OCH3 is 2. The molecule has 23 heavy (non-hydrogen) atoms.